The standard InChI is InChI=1S/C42H85NO4/c1-3-5-7-9-11-13-15-17-19-20-21-23-25-27-29-31-33-35-37-41(46)42(47)43-39(38-44)40(45)36-34-32-30-28-26-24-22-18-16-14-12-10-8-6-4-2/h39-41,44-46H,3-38H2,1-2H3,(H,43,47)/t39-,40+,41?/m0/s1. The third-order valence-corrected chi connectivity index (χ3v) is 10.2. The van der Waals surface area contributed by atoms with Crippen LogP contribution in [0, 0.1) is 0 Å². The second-order valence-corrected chi connectivity index (χ2v) is 14.9. The van der Waals surface area contributed by atoms with Crippen LogP contribution in [-0.2, 0) is 4.79 Å². The fraction of sp³-hybridized carbons (Fsp3) is 0.976. The second-order valence-electron chi connectivity index (χ2n) is 14.9. The Morgan fingerprint density at radius 2 is 0.681 bits per heavy atom. The first-order valence-corrected chi connectivity index (χ1v) is 21.3. The molecule has 0 aliphatic carbocycles. The van der Waals surface area contributed by atoms with Crippen molar-refractivity contribution in [2.24, 2.45) is 0 Å². The number of aliphatic hydroxyl groups excluding tert-OH is 3. The zero-order chi connectivity index (χ0) is 34.5. The van der Waals surface area contributed by atoms with Crippen LogP contribution in [0.15, 0.2) is 0 Å². The number of hydrogen-bond acceptors (Lipinski definition) is 4. The van der Waals surface area contributed by atoms with E-state index in [1.165, 1.54) is 180 Å². The SMILES string of the molecule is CCCCCCCCCCCCCCCCCCCCC(O)C(=O)N[C@@H](CO)[C@H](O)CCCCCCCCCCCCCCCCC. The molecule has 0 aromatic rings. The van der Waals surface area contributed by atoms with Crippen molar-refractivity contribution in [1.29, 1.82) is 0 Å². The molecule has 47 heavy (non-hydrogen) atoms. The van der Waals surface area contributed by atoms with E-state index in [2.05, 4.69) is 19.2 Å². The van der Waals surface area contributed by atoms with Gasteiger partial charge in [-0.05, 0) is 12.8 Å². The molecule has 0 heterocycles. The maximum absolute atomic E-state index is 12.5. The maximum Gasteiger partial charge on any atom is 0.249 e. The van der Waals surface area contributed by atoms with Crippen LogP contribution in [0.1, 0.15) is 239 Å². The average Bonchev–Trinajstić information content (AvgIpc) is 3.07. The second kappa shape index (κ2) is 38.2. The Hall–Kier alpha value is -0.650. The number of unbranched alkanes of at least 4 members (excludes halogenated alkanes) is 31. The summed E-state index contributed by atoms with van der Waals surface area (Å²) in [5, 5.41) is 33.3. The van der Waals surface area contributed by atoms with Crippen molar-refractivity contribution in [3.8, 4) is 0 Å². The maximum atomic E-state index is 12.5. The summed E-state index contributed by atoms with van der Waals surface area (Å²) in [6, 6.07) is -0.705. The number of aliphatic hydroxyl groups is 3. The quantitative estimate of drug-likeness (QED) is 0.0491. The van der Waals surface area contributed by atoms with Crippen LogP contribution in [0.3, 0.4) is 0 Å². The molecule has 0 aliphatic rings. The lowest BCUT2D eigenvalue weighted by Crippen LogP contribution is -2.49. The monoisotopic (exact) mass is 668 g/mol. The summed E-state index contributed by atoms with van der Waals surface area (Å²) in [4.78, 5) is 12.5. The third-order valence-electron chi connectivity index (χ3n) is 10.2. The van der Waals surface area contributed by atoms with Gasteiger partial charge in [0.05, 0.1) is 18.8 Å². The van der Waals surface area contributed by atoms with E-state index < -0.39 is 24.2 Å². The predicted octanol–water partition coefficient (Wildman–Crippen LogP) is 11.9. The molecule has 0 aromatic carbocycles. The molecule has 1 amide bonds. The molecule has 0 fully saturated rings. The molecule has 5 heteroatoms. The first-order chi connectivity index (χ1) is 23.1. The normalized spacial score (nSPS) is 13.6. The summed E-state index contributed by atoms with van der Waals surface area (Å²) >= 11 is 0. The smallest absolute Gasteiger partial charge is 0.249 e. The van der Waals surface area contributed by atoms with E-state index in [4.69, 9.17) is 0 Å². The number of carbonyl (C=O) groups is 1. The minimum absolute atomic E-state index is 0.308. The van der Waals surface area contributed by atoms with E-state index in [9.17, 15) is 20.1 Å². The molecular weight excluding hydrogens is 582 g/mol. The van der Waals surface area contributed by atoms with Crippen LogP contribution >= 0.6 is 0 Å². The van der Waals surface area contributed by atoms with E-state index >= 15 is 0 Å². The molecule has 0 rings (SSSR count). The average molecular weight is 668 g/mol. The topological polar surface area (TPSA) is 89.8 Å². The molecular formula is C42H85NO4. The minimum atomic E-state index is -1.07. The van der Waals surface area contributed by atoms with E-state index in [0.29, 0.717) is 12.8 Å². The highest BCUT2D eigenvalue weighted by atomic mass is 16.3. The van der Waals surface area contributed by atoms with E-state index in [1.54, 1.807) is 0 Å². The van der Waals surface area contributed by atoms with Gasteiger partial charge in [-0.3, -0.25) is 4.79 Å². The zero-order valence-corrected chi connectivity index (χ0v) is 31.9. The Morgan fingerprint density at radius 1 is 0.426 bits per heavy atom. The van der Waals surface area contributed by atoms with Crippen molar-refractivity contribution >= 4 is 5.91 Å². The van der Waals surface area contributed by atoms with Gasteiger partial charge in [0.2, 0.25) is 5.91 Å². The molecule has 0 radical (unpaired) electrons. The summed E-state index contributed by atoms with van der Waals surface area (Å²) in [5.41, 5.74) is 0. The molecule has 0 spiro atoms. The summed E-state index contributed by atoms with van der Waals surface area (Å²) in [6.45, 7) is 4.24. The molecule has 0 saturated carbocycles. The molecule has 5 nitrogen and oxygen atoms in total. The van der Waals surface area contributed by atoms with Crippen molar-refractivity contribution in [1.82, 2.24) is 5.32 Å². The fourth-order valence-electron chi connectivity index (χ4n) is 6.84. The Balaban J connectivity index is 3.59. The molecule has 3 atom stereocenters. The number of rotatable bonds is 39. The molecule has 0 bridgehead atoms. The fourth-order valence-corrected chi connectivity index (χ4v) is 6.84. The van der Waals surface area contributed by atoms with Crippen LogP contribution in [-0.4, -0.2) is 46.1 Å². The van der Waals surface area contributed by atoms with Gasteiger partial charge in [-0.2, -0.15) is 0 Å². The molecule has 1 unspecified atom stereocenters. The molecule has 282 valence electrons. The van der Waals surface area contributed by atoms with Crippen LogP contribution in [0.2, 0.25) is 0 Å². The van der Waals surface area contributed by atoms with Gasteiger partial charge in [0.1, 0.15) is 6.10 Å². The summed E-state index contributed by atoms with van der Waals surface area (Å²) < 4.78 is 0. The van der Waals surface area contributed by atoms with Gasteiger partial charge in [0.15, 0.2) is 0 Å². The molecule has 0 saturated heterocycles. The van der Waals surface area contributed by atoms with Crippen LogP contribution in [0.5, 0.6) is 0 Å². The van der Waals surface area contributed by atoms with E-state index in [0.717, 1.165) is 32.1 Å². The Kier molecular flexibility index (Phi) is 37.6. The molecule has 0 aliphatic heterocycles. The van der Waals surface area contributed by atoms with Crippen molar-refractivity contribution in [2.75, 3.05) is 6.61 Å². The first-order valence-electron chi connectivity index (χ1n) is 21.3. The summed E-state index contributed by atoms with van der Waals surface area (Å²) in [7, 11) is 0. The number of hydrogen-bond donors (Lipinski definition) is 4. The largest absolute Gasteiger partial charge is 0.394 e. The Bertz CT molecular complexity index is 615. The third kappa shape index (κ3) is 33.6. The highest BCUT2D eigenvalue weighted by Gasteiger charge is 2.23. The van der Waals surface area contributed by atoms with Crippen LogP contribution in [0.25, 0.3) is 0 Å². The van der Waals surface area contributed by atoms with Gasteiger partial charge in [-0.1, -0.05) is 226 Å². The van der Waals surface area contributed by atoms with Crippen molar-refractivity contribution in [3.63, 3.8) is 0 Å². The van der Waals surface area contributed by atoms with E-state index in [-0.39, 0.29) is 6.61 Å². The highest BCUT2D eigenvalue weighted by molar-refractivity contribution is 5.80. The number of nitrogens with one attached hydrogen (secondary N) is 1. The van der Waals surface area contributed by atoms with Crippen LogP contribution in [0.4, 0.5) is 0 Å². The van der Waals surface area contributed by atoms with E-state index in [1.807, 2.05) is 0 Å². The van der Waals surface area contributed by atoms with Crippen molar-refractivity contribution < 1.29 is 20.1 Å². The Labute approximate surface area is 294 Å². The molecule has 4 N–H and O–H groups in total. The highest BCUT2D eigenvalue weighted by Crippen LogP contribution is 2.17. The molecule has 0 aromatic heterocycles. The van der Waals surface area contributed by atoms with Gasteiger partial charge in [0, 0.05) is 0 Å². The Morgan fingerprint density at radius 3 is 0.957 bits per heavy atom. The zero-order valence-electron chi connectivity index (χ0n) is 31.9. The summed E-state index contributed by atoms with van der Waals surface area (Å²) in [5.74, 6) is -0.466. The number of carbonyl (C=O) groups excluding carboxylic acids is 1. The predicted molar refractivity (Wildman–Crippen MR) is 204 cm³/mol. The van der Waals surface area contributed by atoms with Gasteiger partial charge >= 0.3 is 0 Å². The number of amides is 1. The lowest BCUT2D eigenvalue weighted by atomic mass is 10.0. The van der Waals surface area contributed by atoms with Crippen molar-refractivity contribution in [2.45, 2.75) is 257 Å². The lowest BCUT2D eigenvalue weighted by molar-refractivity contribution is -0.131. The van der Waals surface area contributed by atoms with Crippen LogP contribution < -0.4 is 5.32 Å². The van der Waals surface area contributed by atoms with Gasteiger partial charge in [-0.25, -0.2) is 0 Å². The van der Waals surface area contributed by atoms with Gasteiger partial charge in [-0.15, -0.1) is 0 Å². The lowest BCUT2D eigenvalue weighted by Gasteiger charge is -2.23. The van der Waals surface area contributed by atoms with Crippen molar-refractivity contribution in [3.05, 3.63) is 0 Å². The van der Waals surface area contributed by atoms with Gasteiger partial charge < -0.3 is 20.6 Å². The minimum Gasteiger partial charge on any atom is -0.394 e. The summed E-state index contributed by atoms with van der Waals surface area (Å²) in [6.07, 6.45) is 42.4. The first kappa shape index (κ1) is 46.4. The van der Waals surface area contributed by atoms with Gasteiger partial charge in [0.25, 0.3) is 0 Å².